The van der Waals surface area contributed by atoms with Crippen molar-refractivity contribution in [1.82, 2.24) is 9.88 Å². The van der Waals surface area contributed by atoms with Gasteiger partial charge in [0.05, 0.1) is 40.2 Å². The van der Waals surface area contributed by atoms with Gasteiger partial charge in [-0.2, -0.15) is 0 Å². The van der Waals surface area contributed by atoms with Gasteiger partial charge in [0, 0.05) is 51.8 Å². The molecule has 0 spiro atoms. The molecule has 1 aromatic carbocycles. The Balaban J connectivity index is 1.24. The Hall–Kier alpha value is -3.31. The van der Waals surface area contributed by atoms with Crippen molar-refractivity contribution in [1.29, 1.82) is 0 Å². The number of benzene rings is 1. The number of Topliss-reactive ketones (excluding diaryl/α,β-unsaturated/α-hetero) is 1. The maximum atomic E-state index is 14.9. The molecule has 6 aliphatic rings. The first kappa shape index (κ1) is 39.5. The summed E-state index contributed by atoms with van der Waals surface area (Å²) in [5.41, 5.74) is 5.78. The highest BCUT2D eigenvalue weighted by Crippen LogP contribution is 2.71. The maximum Gasteiger partial charge on any atom is 0.246 e. The minimum atomic E-state index is -3.19. The van der Waals surface area contributed by atoms with E-state index < -0.39 is 44.7 Å². The van der Waals surface area contributed by atoms with Crippen LogP contribution in [0.25, 0.3) is 16.5 Å². The number of allylic oxidation sites excluding steroid dienone is 3. The zero-order valence-electron chi connectivity index (χ0n) is 34.8. The molecular formula is C46H60N2O7S. The quantitative estimate of drug-likeness (QED) is 0.153. The Morgan fingerprint density at radius 1 is 1.09 bits per heavy atom. The maximum absolute atomic E-state index is 14.9. The second kappa shape index (κ2) is 12.4. The second-order valence-electron chi connectivity index (χ2n) is 19.9. The summed E-state index contributed by atoms with van der Waals surface area (Å²) in [7, 11) is -3.19. The Labute approximate surface area is 332 Å². The number of fused-ring (bicyclic) bond motifs is 11. The van der Waals surface area contributed by atoms with Crippen LogP contribution in [0, 0.1) is 28.6 Å². The van der Waals surface area contributed by atoms with Crippen LogP contribution in [0.3, 0.4) is 0 Å². The molecular weight excluding hydrogens is 725 g/mol. The highest BCUT2D eigenvalue weighted by Gasteiger charge is 2.67. The molecule has 2 saturated carbocycles. The van der Waals surface area contributed by atoms with Gasteiger partial charge >= 0.3 is 0 Å². The number of sulfone groups is 1. The molecule has 3 heterocycles. The molecule has 8 rings (SSSR count). The molecule has 3 N–H and O–H groups in total. The molecule has 0 saturated heterocycles. The molecule has 2 aliphatic heterocycles. The van der Waals surface area contributed by atoms with Crippen LogP contribution in [0.1, 0.15) is 133 Å². The standard InChI is InChI=1S/C46H60N2O7S/c1-24(2)36-39(51)34-33-27(30-23-42(4,5)55-43(6,7)35(30)38(33)50)22-28-29-21-26-14-15-31-44(8,17-12-13-25(3)41(52)47-19-20-56(11,53)54)32(49)16-18-45(31,9)46(26,10)40(29)48(36)37(28)34/h12-13,17,22-23,26,31-32,35-36,38,49-50H,1,14-16,18-21H2,2-11H3,(H,47,52)/b17-12+,25-13+. The number of amides is 1. The number of carbonyl (C=O) groups excluding carboxylic acids is 2. The fraction of sp³-hybridized carbons (Fsp3) is 0.609. The molecule has 2 fully saturated rings. The summed E-state index contributed by atoms with van der Waals surface area (Å²) in [5, 5.41) is 27.8. The van der Waals surface area contributed by atoms with Crippen LogP contribution < -0.4 is 5.32 Å². The van der Waals surface area contributed by atoms with Gasteiger partial charge in [-0.1, -0.05) is 51.2 Å². The number of nitrogens with zero attached hydrogens (tertiary/aromatic N) is 1. The Morgan fingerprint density at radius 3 is 2.45 bits per heavy atom. The number of carbonyl (C=O) groups is 2. The van der Waals surface area contributed by atoms with Crippen molar-refractivity contribution in [3.8, 4) is 0 Å². The van der Waals surface area contributed by atoms with Gasteiger partial charge in [-0.3, -0.25) is 9.59 Å². The predicted octanol–water partition coefficient (Wildman–Crippen LogP) is 7.26. The Kier molecular flexibility index (Phi) is 8.72. The summed E-state index contributed by atoms with van der Waals surface area (Å²) >= 11 is 0. The van der Waals surface area contributed by atoms with Gasteiger partial charge in [0.1, 0.15) is 15.9 Å². The number of aromatic nitrogens is 1. The van der Waals surface area contributed by atoms with E-state index in [1.54, 1.807) is 13.0 Å². The fourth-order valence-corrected chi connectivity index (χ4v) is 13.5. The molecule has 9 atom stereocenters. The predicted molar refractivity (Wildman–Crippen MR) is 220 cm³/mol. The van der Waals surface area contributed by atoms with Crippen molar-refractivity contribution in [2.24, 2.45) is 28.6 Å². The number of rotatable bonds is 7. The summed E-state index contributed by atoms with van der Waals surface area (Å²) in [4.78, 5) is 27.7. The number of aliphatic hydroxyl groups is 2. The highest BCUT2D eigenvalue weighted by atomic mass is 32.2. The van der Waals surface area contributed by atoms with Crippen LogP contribution in [0.5, 0.6) is 0 Å². The molecule has 10 heteroatoms. The van der Waals surface area contributed by atoms with Crippen LogP contribution in [-0.4, -0.2) is 70.7 Å². The molecule has 1 amide bonds. The molecule has 0 bridgehead atoms. The molecule has 302 valence electrons. The number of hydrogen-bond donors (Lipinski definition) is 3. The van der Waals surface area contributed by atoms with Crippen molar-refractivity contribution >= 4 is 38.0 Å². The fourth-order valence-electron chi connectivity index (χ4n) is 13.1. The SMILES string of the molecule is C=C(C)C1C(=O)c2c3c(cc4c5c(n1c24)C1(C)C(CCC2C(C)(/C=C/C=C(\C)C(=O)NCCS(C)(=O)=O)C(O)CCC21C)C5)C1=CC(C)(C)OC(C)(C)C1C3O. The summed E-state index contributed by atoms with van der Waals surface area (Å²) < 4.78 is 32.0. The lowest BCUT2D eigenvalue weighted by molar-refractivity contribution is -0.144. The Bertz CT molecular complexity index is 2330. The minimum absolute atomic E-state index is 0.00680. The van der Waals surface area contributed by atoms with Crippen LogP contribution in [-0.2, 0) is 31.2 Å². The summed E-state index contributed by atoms with van der Waals surface area (Å²) in [6.45, 7) is 23.3. The smallest absolute Gasteiger partial charge is 0.246 e. The topological polar surface area (TPSA) is 135 Å². The van der Waals surface area contributed by atoms with E-state index in [0.717, 1.165) is 65.1 Å². The van der Waals surface area contributed by atoms with Crippen molar-refractivity contribution in [3.05, 3.63) is 76.0 Å². The molecule has 0 radical (unpaired) electrons. The lowest BCUT2D eigenvalue weighted by Gasteiger charge is -2.64. The van der Waals surface area contributed by atoms with E-state index in [0.29, 0.717) is 23.5 Å². The first-order chi connectivity index (χ1) is 25.9. The number of aliphatic hydroxyl groups excluding tert-OH is 2. The van der Waals surface area contributed by atoms with Crippen molar-refractivity contribution < 1.29 is 33.0 Å². The molecule has 4 aliphatic carbocycles. The largest absolute Gasteiger partial charge is 0.392 e. The van der Waals surface area contributed by atoms with Crippen LogP contribution in [0.2, 0.25) is 0 Å². The van der Waals surface area contributed by atoms with Gasteiger partial charge in [0.2, 0.25) is 5.91 Å². The average Bonchev–Trinajstić information content (AvgIpc) is 3.74. The third kappa shape index (κ3) is 5.30. The third-order valence-corrected chi connectivity index (χ3v) is 16.5. The van der Waals surface area contributed by atoms with Gasteiger partial charge in [-0.15, -0.1) is 0 Å². The third-order valence-electron chi connectivity index (χ3n) is 15.5. The van der Waals surface area contributed by atoms with Gasteiger partial charge in [-0.25, -0.2) is 8.42 Å². The van der Waals surface area contributed by atoms with Crippen molar-refractivity contribution in [2.45, 2.75) is 129 Å². The monoisotopic (exact) mass is 784 g/mol. The molecule has 9 unspecified atom stereocenters. The van der Waals surface area contributed by atoms with E-state index in [1.165, 1.54) is 11.3 Å². The van der Waals surface area contributed by atoms with E-state index in [9.17, 15) is 28.2 Å². The molecule has 56 heavy (non-hydrogen) atoms. The normalized spacial score (nSPS) is 36.5. The van der Waals surface area contributed by atoms with E-state index in [2.05, 4.69) is 69.3 Å². The van der Waals surface area contributed by atoms with Crippen molar-refractivity contribution in [3.63, 3.8) is 0 Å². The number of nitrogens with one attached hydrogen (secondary N) is 1. The van der Waals surface area contributed by atoms with Gasteiger partial charge in [-0.05, 0) is 120 Å². The van der Waals surface area contributed by atoms with E-state index in [1.807, 2.05) is 26.8 Å². The van der Waals surface area contributed by atoms with Crippen LogP contribution in [0.4, 0.5) is 0 Å². The number of hydrogen-bond acceptors (Lipinski definition) is 7. The summed E-state index contributed by atoms with van der Waals surface area (Å²) in [6, 6.07) is 1.72. The van der Waals surface area contributed by atoms with E-state index >= 15 is 0 Å². The second-order valence-corrected chi connectivity index (χ2v) is 22.2. The van der Waals surface area contributed by atoms with Crippen LogP contribution >= 0.6 is 0 Å². The number of ketones is 1. The zero-order chi connectivity index (χ0) is 40.9. The Morgan fingerprint density at radius 2 is 1.79 bits per heavy atom. The van der Waals surface area contributed by atoms with Crippen molar-refractivity contribution in [2.75, 3.05) is 18.6 Å². The van der Waals surface area contributed by atoms with Gasteiger partial charge < -0.3 is 24.8 Å². The summed E-state index contributed by atoms with van der Waals surface area (Å²) in [6.07, 6.45) is 11.9. The molecule has 2 aromatic rings. The van der Waals surface area contributed by atoms with Gasteiger partial charge in [0.25, 0.3) is 0 Å². The lowest BCUT2D eigenvalue weighted by atomic mass is 9.40. The molecule has 9 nitrogen and oxygen atoms in total. The average molecular weight is 785 g/mol. The minimum Gasteiger partial charge on any atom is -0.392 e. The molecule has 1 aromatic heterocycles. The number of ether oxygens (including phenoxy) is 1. The van der Waals surface area contributed by atoms with E-state index in [-0.39, 0.29) is 46.7 Å². The van der Waals surface area contributed by atoms with Crippen LogP contribution in [0.15, 0.2) is 48.1 Å². The first-order valence-corrected chi connectivity index (χ1v) is 22.5. The van der Waals surface area contributed by atoms with Gasteiger partial charge in [0.15, 0.2) is 5.78 Å². The zero-order valence-corrected chi connectivity index (χ0v) is 35.6. The highest BCUT2D eigenvalue weighted by molar-refractivity contribution is 7.90. The summed E-state index contributed by atoms with van der Waals surface area (Å²) in [5.74, 6) is -0.275. The van der Waals surface area contributed by atoms with E-state index in [4.69, 9.17) is 4.74 Å². The lowest BCUT2D eigenvalue weighted by Crippen LogP contribution is -2.62. The first-order valence-electron chi connectivity index (χ1n) is 20.4.